The van der Waals surface area contributed by atoms with E-state index in [9.17, 15) is 14.4 Å². The maximum absolute atomic E-state index is 13.1. The Balaban J connectivity index is 1.27. The number of carbonyl (C=O) groups excluding carboxylic acids is 3. The summed E-state index contributed by atoms with van der Waals surface area (Å²) in [6.45, 7) is 4.18. The lowest BCUT2D eigenvalue weighted by Crippen LogP contribution is -2.52. The number of amides is 4. The zero-order chi connectivity index (χ0) is 20.9. The molecule has 3 aliphatic heterocycles. The normalized spacial score (nSPS) is 21.3. The van der Waals surface area contributed by atoms with Crippen LogP contribution in [0.4, 0.5) is 10.5 Å². The number of hydrogen-bond acceptors (Lipinski definition) is 4. The molecule has 30 heavy (non-hydrogen) atoms. The maximum atomic E-state index is 13.1. The van der Waals surface area contributed by atoms with Gasteiger partial charge in [0, 0.05) is 39.1 Å². The van der Waals surface area contributed by atoms with Gasteiger partial charge in [-0.25, -0.2) is 4.79 Å². The third kappa shape index (κ3) is 4.52. The van der Waals surface area contributed by atoms with Crippen molar-refractivity contribution in [1.82, 2.24) is 15.1 Å². The number of piperidine rings is 1. The molecule has 162 valence electrons. The molecule has 3 heterocycles. The Bertz CT molecular complexity index is 799. The molecular formula is C22H30N4O4. The summed E-state index contributed by atoms with van der Waals surface area (Å²) < 4.78 is 5.65. The van der Waals surface area contributed by atoms with E-state index in [1.807, 2.05) is 29.2 Å². The van der Waals surface area contributed by atoms with E-state index in [1.54, 1.807) is 9.80 Å². The zero-order valence-electron chi connectivity index (χ0n) is 17.3. The number of nitrogens with one attached hydrogen (secondary N) is 1. The molecule has 0 saturated carbocycles. The second-order valence-electron chi connectivity index (χ2n) is 8.16. The van der Waals surface area contributed by atoms with Gasteiger partial charge in [0.2, 0.25) is 11.8 Å². The molecule has 0 unspecified atom stereocenters. The molecule has 0 spiro atoms. The van der Waals surface area contributed by atoms with Gasteiger partial charge < -0.3 is 19.9 Å². The van der Waals surface area contributed by atoms with Gasteiger partial charge in [0.1, 0.15) is 12.4 Å². The third-order valence-corrected chi connectivity index (χ3v) is 6.10. The zero-order valence-corrected chi connectivity index (χ0v) is 17.3. The molecule has 0 aliphatic carbocycles. The van der Waals surface area contributed by atoms with Gasteiger partial charge in [-0.15, -0.1) is 0 Å². The highest BCUT2D eigenvalue weighted by Gasteiger charge is 2.33. The van der Waals surface area contributed by atoms with Gasteiger partial charge in [-0.2, -0.15) is 0 Å². The lowest BCUT2D eigenvalue weighted by molar-refractivity contribution is -0.127. The number of rotatable bonds is 5. The summed E-state index contributed by atoms with van der Waals surface area (Å²) in [7, 11) is 0. The summed E-state index contributed by atoms with van der Waals surface area (Å²) in [4.78, 5) is 42.8. The highest BCUT2D eigenvalue weighted by Crippen LogP contribution is 2.32. The monoisotopic (exact) mass is 414 g/mol. The van der Waals surface area contributed by atoms with E-state index in [0.29, 0.717) is 45.8 Å². The molecule has 0 aromatic heterocycles. The topological polar surface area (TPSA) is 82.2 Å². The van der Waals surface area contributed by atoms with Gasteiger partial charge in [-0.3, -0.25) is 14.5 Å². The summed E-state index contributed by atoms with van der Waals surface area (Å²) >= 11 is 0. The summed E-state index contributed by atoms with van der Waals surface area (Å²) in [6, 6.07) is 7.50. The number of urea groups is 1. The summed E-state index contributed by atoms with van der Waals surface area (Å²) in [5.74, 6) is 0.752. The molecule has 4 rings (SSSR count). The SMILES string of the molecule is O=C(NCCCN1CCCC1=O)[C@H]1CCCN(C(=O)N2CCOc3ccccc32)C1. The molecule has 2 fully saturated rings. The quantitative estimate of drug-likeness (QED) is 0.746. The molecule has 4 amide bonds. The van der Waals surface area contributed by atoms with Crippen LogP contribution in [0.5, 0.6) is 5.75 Å². The van der Waals surface area contributed by atoms with Crippen molar-refractivity contribution in [3.8, 4) is 5.75 Å². The van der Waals surface area contributed by atoms with Crippen molar-refractivity contribution >= 4 is 23.5 Å². The summed E-state index contributed by atoms with van der Waals surface area (Å²) in [5.41, 5.74) is 0.789. The van der Waals surface area contributed by atoms with Crippen molar-refractivity contribution in [2.24, 2.45) is 5.92 Å². The molecule has 1 N–H and O–H groups in total. The van der Waals surface area contributed by atoms with E-state index in [2.05, 4.69) is 5.32 Å². The first-order valence-corrected chi connectivity index (χ1v) is 11.0. The first-order valence-electron chi connectivity index (χ1n) is 11.0. The molecule has 1 aromatic carbocycles. The maximum Gasteiger partial charge on any atom is 0.324 e. The largest absolute Gasteiger partial charge is 0.490 e. The van der Waals surface area contributed by atoms with Crippen LogP contribution in [0.15, 0.2) is 24.3 Å². The van der Waals surface area contributed by atoms with Crippen molar-refractivity contribution in [3.05, 3.63) is 24.3 Å². The first-order chi connectivity index (χ1) is 14.6. The minimum atomic E-state index is -0.188. The fourth-order valence-corrected chi connectivity index (χ4v) is 4.47. The Morgan fingerprint density at radius 2 is 2.00 bits per heavy atom. The Labute approximate surface area is 177 Å². The van der Waals surface area contributed by atoms with Gasteiger partial charge in [0.15, 0.2) is 0 Å². The number of anilines is 1. The summed E-state index contributed by atoms with van der Waals surface area (Å²) in [5, 5.41) is 3.00. The average molecular weight is 415 g/mol. The van der Waals surface area contributed by atoms with Crippen LogP contribution in [-0.2, 0) is 9.59 Å². The van der Waals surface area contributed by atoms with Crippen molar-refractivity contribution in [2.45, 2.75) is 32.1 Å². The Hall–Kier alpha value is -2.77. The minimum Gasteiger partial charge on any atom is -0.490 e. The fourth-order valence-electron chi connectivity index (χ4n) is 4.47. The van der Waals surface area contributed by atoms with Crippen LogP contribution in [0.2, 0.25) is 0 Å². The molecule has 0 radical (unpaired) electrons. The predicted molar refractivity (Wildman–Crippen MR) is 112 cm³/mol. The third-order valence-electron chi connectivity index (χ3n) is 6.10. The van der Waals surface area contributed by atoms with E-state index in [1.165, 1.54) is 0 Å². The lowest BCUT2D eigenvalue weighted by Gasteiger charge is -2.37. The Morgan fingerprint density at radius 3 is 2.83 bits per heavy atom. The lowest BCUT2D eigenvalue weighted by atomic mass is 9.97. The molecule has 1 atom stereocenters. The van der Waals surface area contributed by atoms with Gasteiger partial charge in [0.05, 0.1) is 18.2 Å². The molecule has 1 aromatic rings. The second-order valence-corrected chi connectivity index (χ2v) is 8.16. The van der Waals surface area contributed by atoms with Gasteiger partial charge >= 0.3 is 6.03 Å². The van der Waals surface area contributed by atoms with E-state index in [-0.39, 0.29) is 23.8 Å². The molecule has 8 nitrogen and oxygen atoms in total. The number of fused-ring (bicyclic) bond motifs is 1. The number of hydrogen-bond donors (Lipinski definition) is 1. The first kappa shape index (κ1) is 20.5. The van der Waals surface area contributed by atoms with Gasteiger partial charge in [0.25, 0.3) is 0 Å². The van der Waals surface area contributed by atoms with E-state index < -0.39 is 0 Å². The van der Waals surface area contributed by atoms with Crippen LogP contribution >= 0.6 is 0 Å². The highest BCUT2D eigenvalue weighted by molar-refractivity contribution is 5.94. The number of para-hydroxylation sites is 2. The predicted octanol–water partition coefficient (Wildman–Crippen LogP) is 1.85. The minimum absolute atomic E-state index is 0.00243. The highest BCUT2D eigenvalue weighted by atomic mass is 16.5. The number of nitrogens with zero attached hydrogens (tertiary/aromatic N) is 3. The Kier molecular flexibility index (Phi) is 6.40. The van der Waals surface area contributed by atoms with E-state index in [0.717, 1.165) is 43.7 Å². The van der Waals surface area contributed by atoms with Crippen LogP contribution in [0.3, 0.4) is 0 Å². The van der Waals surface area contributed by atoms with Crippen LogP contribution in [0.1, 0.15) is 32.1 Å². The van der Waals surface area contributed by atoms with Crippen molar-refractivity contribution < 1.29 is 19.1 Å². The number of likely N-dealkylation sites (tertiary alicyclic amines) is 2. The molecule has 2 saturated heterocycles. The molecule has 3 aliphatic rings. The number of ether oxygens (including phenoxy) is 1. The fraction of sp³-hybridized carbons (Fsp3) is 0.591. The van der Waals surface area contributed by atoms with Crippen molar-refractivity contribution in [2.75, 3.05) is 50.8 Å². The van der Waals surface area contributed by atoms with Crippen LogP contribution in [-0.4, -0.2) is 73.5 Å². The van der Waals surface area contributed by atoms with E-state index in [4.69, 9.17) is 4.74 Å². The molecular weight excluding hydrogens is 384 g/mol. The van der Waals surface area contributed by atoms with Gasteiger partial charge in [-0.05, 0) is 37.8 Å². The molecule has 0 bridgehead atoms. The molecule has 8 heteroatoms. The summed E-state index contributed by atoms with van der Waals surface area (Å²) in [6.07, 6.45) is 3.95. The van der Waals surface area contributed by atoms with Crippen molar-refractivity contribution in [3.63, 3.8) is 0 Å². The second kappa shape index (κ2) is 9.36. The Morgan fingerprint density at radius 1 is 1.13 bits per heavy atom. The standard InChI is InChI=1S/C22H30N4O4/c27-20-9-4-11-24(20)13-5-10-23-21(28)17-6-3-12-25(16-17)22(29)26-14-15-30-19-8-2-1-7-18(19)26/h1-2,7-8,17H,3-6,9-16H2,(H,23,28)/t17-/m0/s1. The van der Waals surface area contributed by atoms with Crippen LogP contribution in [0, 0.1) is 5.92 Å². The van der Waals surface area contributed by atoms with E-state index >= 15 is 0 Å². The van der Waals surface area contributed by atoms with Gasteiger partial charge in [-0.1, -0.05) is 12.1 Å². The number of carbonyl (C=O) groups is 3. The van der Waals surface area contributed by atoms with Crippen LogP contribution < -0.4 is 15.0 Å². The van der Waals surface area contributed by atoms with Crippen LogP contribution in [0.25, 0.3) is 0 Å². The average Bonchev–Trinajstić information content (AvgIpc) is 3.20. The number of benzene rings is 1. The smallest absolute Gasteiger partial charge is 0.324 e. The van der Waals surface area contributed by atoms with Crippen molar-refractivity contribution in [1.29, 1.82) is 0 Å².